The Bertz CT molecular complexity index is 1650. The number of benzene rings is 4. The smallest absolute Gasteiger partial charge is 0.507 e. The van der Waals surface area contributed by atoms with E-state index >= 15 is 0 Å². The third-order valence-electron chi connectivity index (χ3n) is 5.86. The van der Waals surface area contributed by atoms with Crippen LogP contribution in [0.15, 0.2) is 122 Å². The molecule has 1 radical (unpaired) electrons. The molecule has 0 aliphatic rings. The molecule has 2 atom stereocenters. The molecule has 0 spiro atoms. The second kappa shape index (κ2) is 19.2. The van der Waals surface area contributed by atoms with Gasteiger partial charge in [-0.05, 0) is 49.5 Å². The van der Waals surface area contributed by atoms with Crippen LogP contribution in [-0.2, 0) is 40.0 Å². The van der Waals surface area contributed by atoms with Gasteiger partial charge in [-0.15, -0.1) is 24.8 Å². The van der Waals surface area contributed by atoms with Crippen LogP contribution in [0.2, 0.25) is 0 Å². The molecular weight excluding hydrogens is 657 g/mol. The zero-order chi connectivity index (χ0) is 31.9. The summed E-state index contributed by atoms with van der Waals surface area (Å²) < 4.78 is 25.9. The second-order valence-electron chi connectivity index (χ2n) is 9.01. The molecule has 0 amide bonds. The van der Waals surface area contributed by atoms with Crippen LogP contribution < -0.4 is 10.6 Å². The van der Waals surface area contributed by atoms with Crippen molar-refractivity contribution in [3.63, 3.8) is 0 Å². The number of rotatable bonds is 4. The van der Waals surface area contributed by atoms with Crippen LogP contribution >= 0.6 is 16.1 Å². The first-order valence-corrected chi connectivity index (χ1v) is 15.8. The molecule has 0 bridgehead atoms. The molecule has 2 aromatic heterocycles. The molecule has 0 aliphatic carbocycles. The predicted octanol–water partition coefficient (Wildman–Crippen LogP) is 4.74. The average molecular weight is 690 g/mol. The quantitative estimate of drug-likeness (QED) is 0.153. The van der Waals surface area contributed by atoms with E-state index in [1.807, 2.05) is 26.5 Å². The molecule has 13 heteroatoms. The van der Waals surface area contributed by atoms with E-state index < -0.39 is 16.1 Å². The third-order valence-corrected chi connectivity index (χ3v) is 7.66. The van der Waals surface area contributed by atoms with Crippen molar-refractivity contribution >= 4 is 26.7 Å². The number of hydrogen-bond donors (Lipinski definition) is 4. The Hall–Kier alpha value is -4.21. The number of aryl methyl sites for hydroxylation is 2. The summed E-state index contributed by atoms with van der Waals surface area (Å²) in [6, 6.07) is 27.1. The molecule has 2 heterocycles. The number of aromatic nitrogens is 4. The predicted molar refractivity (Wildman–Crippen MR) is 173 cm³/mol. The molecule has 0 aliphatic heterocycles. The van der Waals surface area contributed by atoms with E-state index in [1.54, 1.807) is 119 Å². The van der Waals surface area contributed by atoms with Gasteiger partial charge < -0.3 is 39.1 Å². The van der Waals surface area contributed by atoms with E-state index in [4.69, 9.17) is 0 Å². The number of phenolic OH excluding ortho intramolecular Hbond substituents is 2. The molecule has 4 N–H and O–H groups in total. The molecule has 6 rings (SSSR count). The number of nitrogens with zero attached hydrogens (tertiary/aromatic N) is 4. The fourth-order valence-corrected chi connectivity index (χ4v) is 5.17. The molecule has 0 saturated carbocycles. The maximum atomic E-state index is 11.2. The van der Waals surface area contributed by atoms with Crippen LogP contribution in [-0.4, -0.2) is 39.1 Å². The normalized spacial score (nSPS) is 11.1. The van der Waals surface area contributed by atoms with Crippen LogP contribution in [0, 0.1) is 12.7 Å². The Morgan fingerprint density at radius 1 is 0.556 bits per heavy atom. The first kappa shape index (κ1) is 37.0. The molecule has 4 aromatic carbocycles. The van der Waals surface area contributed by atoms with E-state index in [9.17, 15) is 29.1 Å². The van der Waals surface area contributed by atoms with Gasteiger partial charge in [0, 0.05) is 34.4 Å². The summed E-state index contributed by atoms with van der Waals surface area (Å²) in [6.45, 7) is 0. The van der Waals surface area contributed by atoms with Gasteiger partial charge in [-0.25, -0.2) is 0 Å². The van der Waals surface area contributed by atoms with Crippen molar-refractivity contribution < 1.29 is 45.9 Å². The second-order valence-corrected chi connectivity index (χ2v) is 11.3. The number of imidazole rings is 2. The van der Waals surface area contributed by atoms with Crippen LogP contribution in [0.4, 0.5) is 0 Å². The fourth-order valence-electron chi connectivity index (χ4n) is 3.79. The SMILES string of the molecule is Cn1[c-]ncc1.Cn1[c-]ncc1.O=[PH](O)c1ccccc1-c1ccccc1O.O=[PH](O)c1ccccc1-c1ccccc1O.[Co+2]. The fraction of sp³-hybridized carbons (Fsp3) is 0.0625. The summed E-state index contributed by atoms with van der Waals surface area (Å²) in [5.74, 6) is 0.219. The van der Waals surface area contributed by atoms with E-state index in [0.29, 0.717) is 32.9 Å². The third kappa shape index (κ3) is 11.7. The van der Waals surface area contributed by atoms with Gasteiger partial charge in [0.1, 0.15) is 11.5 Å². The number of phenols is 2. The van der Waals surface area contributed by atoms with Gasteiger partial charge in [-0.2, -0.15) is 0 Å². The minimum atomic E-state index is -2.77. The summed E-state index contributed by atoms with van der Waals surface area (Å²) in [5, 5.41) is 20.1. The van der Waals surface area contributed by atoms with Crippen molar-refractivity contribution in [2.24, 2.45) is 14.1 Å². The standard InChI is InChI=1S/2C12H11O3P.2C4H5N2.Co/c2*13-11-7-3-1-5-9(11)10-6-2-4-8-12(10)16(14)15;2*1-6-3-2-5-4-6;/h2*1-8,13,16H,(H,14,15);2*2-3H,1H3;/q;;2*-1;+2. The number of para-hydroxylation sites is 2. The molecule has 45 heavy (non-hydrogen) atoms. The van der Waals surface area contributed by atoms with Gasteiger partial charge in [-0.3, -0.25) is 9.13 Å². The summed E-state index contributed by atoms with van der Waals surface area (Å²) in [6.07, 6.45) is 12.4. The molecule has 2 unspecified atom stereocenters. The molecule has 10 nitrogen and oxygen atoms in total. The van der Waals surface area contributed by atoms with Gasteiger partial charge in [-0.1, -0.05) is 72.8 Å². The van der Waals surface area contributed by atoms with Crippen molar-refractivity contribution in [2.45, 2.75) is 0 Å². The Morgan fingerprint density at radius 3 is 1.11 bits per heavy atom. The zero-order valence-electron chi connectivity index (χ0n) is 24.3. The van der Waals surface area contributed by atoms with E-state index in [2.05, 4.69) is 22.6 Å². The van der Waals surface area contributed by atoms with Gasteiger partial charge in [0.2, 0.25) is 16.1 Å². The Kier molecular flexibility index (Phi) is 15.8. The Morgan fingerprint density at radius 2 is 0.867 bits per heavy atom. The summed E-state index contributed by atoms with van der Waals surface area (Å²) >= 11 is 0. The zero-order valence-corrected chi connectivity index (χ0v) is 27.3. The van der Waals surface area contributed by atoms with E-state index in [-0.39, 0.29) is 28.3 Å². The van der Waals surface area contributed by atoms with Gasteiger partial charge in [0.05, 0.1) is 0 Å². The first-order chi connectivity index (χ1) is 21.2. The molecule has 0 fully saturated rings. The van der Waals surface area contributed by atoms with Crippen LogP contribution in [0.5, 0.6) is 11.5 Å². The summed E-state index contributed by atoms with van der Waals surface area (Å²) in [7, 11) is -1.77. The molecule has 6 aromatic rings. The maximum absolute atomic E-state index is 11.2. The first-order valence-electron chi connectivity index (χ1n) is 13.1. The average Bonchev–Trinajstić information content (AvgIpc) is 3.72. The maximum Gasteiger partial charge on any atom is 2.00 e. The Labute approximate surface area is 273 Å². The van der Waals surface area contributed by atoms with Gasteiger partial charge in [0.15, 0.2) is 0 Å². The molecule has 235 valence electrons. The summed E-state index contributed by atoms with van der Waals surface area (Å²) in [4.78, 5) is 25.8. The van der Waals surface area contributed by atoms with Crippen LogP contribution in [0.3, 0.4) is 0 Å². The van der Waals surface area contributed by atoms with Crippen LogP contribution in [0.1, 0.15) is 0 Å². The molecule has 0 saturated heterocycles. The minimum absolute atomic E-state index is 0. The van der Waals surface area contributed by atoms with Crippen molar-refractivity contribution in [3.8, 4) is 33.8 Å². The van der Waals surface area contributed by atoms with Crippen molar-refractivity contribution in [2.75, 3.05) is 0 Å². The van der Waals surface area contributed by atoms with Gasteiger partial charge >= 0.3 is 16.8 Å². The summed E-state index contributed by atoms with van der Waals surface area (Å²) in [5.41, 5.74) is 2.36. The Balaban J connectivity index is 0.000000227. The largest absolute Gasteiger partial charge is 2.00 e. The van der Waals surface area contributed by atoms with Crippen molar-refractivity contribution in [1.29, 1.82) is 0 Å². The van der Waals surface area contributed by atoms with Crippen molar-refractivity contribution in [1.82, 2.24) is 19.1 Å². The monoisotopic (exact) mass is 689 g/mol. The van der Waals surface area contributed by atoms with Crippen LogP contribution in [0.25, 0.3) is 22.3 Å². The van der Waals surface area contributed by atoms with Gasteiger partial charge in [0.25, 0.3) is 0 Å². The molecular formula is C32H32CoN4O6P2. The number of hydrogen-bond acceptors (Lipinski definition) is 6. The topological polar surface area (TPSA) is 151 Å². The van der Waals surface area contributed by atoms with E-state index in [1.165, 1.54) is 0 Å². The minimum Gasteiger partial charge on any atom is -0.507 e. The number of aromatic hydroxyl groups is 2. The van der Waals surface area contributed by atoms with Crippen molar-refractivity contribution in [3.05, 3.63) is 135 Å². The van der Waals surface area contributed by atoms with E-state index in [0.717, 1.165) is 0 Å².